The highest BCUT2D eigenvalue weighted by Gasteiger charge is 2.31. The Morgan fingerprint density at radius 3 is 2.58 bits per heavy atom. The van der Waals surface area contributed by atoms with Gasteiger partial charge in [0.1, 0.15) is 5.82 Å². The van der Waals surface area contributed by atoms with Gasteiger partial charge in [-0.05, 0) is 44.5 Å². The van der Waals surface area contributed by atoms with Gasteiger partial charge in [0.25, 0.3) is 0 Å². The lowest BCUT2D eigenvalue weighted by Crippen LogP contribution is -2.47. The van der Waals surface area contributed by atoms with Crippen molar-refractivity contribution in [2.75, 3.05) is 38.1 Å². The van der Waals surface area contributed by atoms with E-state index in [0.29, 0.717) is 0 Å². The molecule has 0 aromatic carbocycles. The monoisotopic (exact) mass is 260 g/mol. The minimum Gasteiger partial charge on any atom is -0.354 e. The number of pyridine rings is 1. The second-order valence-corrected chi connectivity index (χ2v) is 5.76. The smallest absolute Gasteiger partial charge is 0.129 e. The van der Waals surface area contributed by atoms with Crippen molar-refractivity contribution in [2.45, 2.75) is 32.4 Å². The molecule has 0 spiro atoms. The van der Waals surface area contributed by atoms with Crippen molar-refractivity contribution in [2.24, 2.45) is 0 Å². The molecular weight excluding hydrogens is 236 g/mol. The molecule has 1 aromatic heterocycles. The van der Waals surface area contributed by atoms with Crippen LogP contribution < -0.4 is 10.2 Å². The van der Waals surface area contributed by atoms with Gasteiger partial charge < -0.3 is 10.2 Å². The highest BCUT2D eigenvalue weighted by atomic mass is 15.3. The van der Waals surface area contributed by atoms with Crippen molar-refractivity contribution >= 4 is 5.82 Å². The van der Waals surface area contributed by atoms with E-state index in [1.165, 1.54) is 31.5 Å². The van der Waals surface area contributed by atoms with Crippen LogP contribution in [0.25, 0.3) is 0 Å². The van der Waals surface area contributed by atoms with Crippen molar-refractivity contribution in [3.05, 3.63) is 23.4 Å². The van der Waals surface area contributed by atoms with E-state index in [2.05, 4.69) is 34.2 Å². The molecule has 0 amide bonds. The molecule has 2 aliphatic rings. The molecule has 104 valence electrons. The third kappa shape index (κ3) is 3.07. The largest absolute Gasteiger partial charge is 0.354 e. The lowest BCUT2D eigenvalue weighted by Gasteiger charge is -2.35. The second kappa shape index (κ2) is 5.47. The lowest BCUT2D eigenvalue weighted by atomic mass is 10.2. The Kier molecular flexibility index (Phi) is 3.71. The van der Waals surface area contributed by atoms with Gasteiger partial charge in [-0.2, -0.15) is 0 Å². The maximum Gasteiger partial charge on any atom is 0.129 e. The normalized spacial score (nSPS) is 20.8. The standard InChI is InChI=1S/C15H24N4/c1-12-9-13(11-16-2)10-15(17-12)19-7-5-18(6-8-19)14-3-4-14/h9-10,14,16H,3-8,11H2,1-2H3. The minimum atomic E-state index is 0.896. The highest BCUT2D eigenvalue weighted by molar-refractivity contribution is 5.43. The molecule has 1 aliphatic heterocycles. The molecule has 0 atom stereocenters. The Hall–Kier alpha value is -1.13. The van der Waals surface area contributed by atoms with Gasteiger partial charge in [-0.25, -0.2) is 4.98 Å². The third-order valence-corrected chi connectivity index (χ3v) is 4.08. The fourth-order valence-corrected chi connectivity index (χ4v) is 2.95. The van der Waals surface area contributed by atoms with Crippen LogP contribution in [0.5, 0.6) is 0 Å². The van der Waals surface area contributed by atoms with Gasteiger partial charge in [-0.3, -0.25) is 4.90 Å². The molecule has 2 fully saturated rings. The summed E-state index contributed by atoms with van der Waals surface area (Å²) in [6, 6.07) is 5.30. The van der Waals surface area contributed by atoms with Gasteiger partial charge in [-0.1, -0.05) is 0 Å². The lowest BCUT2D eigenvalue weighted by molar-refractivity contribution is 0.247. The number of nitrogens with one attached hydrogen (secondary N) is 1. The Bertz CT molecular complexity index is 434. The van der Waals surface area contributed by atoms with Crippen molar-refractivity contribution in [1.82, 2.24) is 15.2 Å². The van der Waals surface area contributed by atoms with E-state index in [9.17, 15) is 0 Å². The van der Waals surface area contributed by atoms with E-state index in [0.717, 1.165) is 37.2 Å². The Morgan fingerprint density at radius 1 is 1.21 bits per heavy atom. The zero-order chi connectivity index (χ0) is 13.2. The molecule has 4 nitrogen and oxygen atoms in total. The van der Waals surface area contributed by atoms with Crippen molar-refractivity contribution in [1.29, 1.82) is 0 Å². The molecule has 0 unspecified atom stereocenters. The summed E-state index contributed by atoms with van der Waals surface area (Å²) in [6.07, 6.45) is 2.82. The van der Waals surface area contributed by atoms with Gasteiger partial charge in [0.05, 0.1) is 0 Å². The average Bonchev–Trinajstić information content (AvgIpc) is 3.23. The zero-order valence-corrected chi connectivity index (χ0v) is 12.0. The van der Waals surface area contributed by atoms with E-state index in [1.807, 2.05) is 7.05 Å². The summed E-state index contributed by atoms with van der Waals surface area (Å²) in [5.74, 6) is 1.15. The topological polar surface area (TPSA) is 31.4 Å². The number of piperazine rings is 1. The molecule has 19 heavy (non-hydrogen) atoms. The fourth-order valence-electron chi connectivity index (χ4n) is 2.95. The first kappa shape index (κ1) is 12.9. The van der Waals surface area contributed by atoms with Crippen molar-refractivity contribution < 1.29 is 0 Å². The summed E-state index contributed by atoms with van der Waals surface area (Å²) in [6.45, 7) is 7.63. The van der Waals surface area contributed by atoms with Crippen LogP contribution in [-0.4, -0.2) is 49.2 Å². The predicted molar refractivity (Wildman–Crippen MR) is 78.5 cm³/mol. The molecule has 1 saturated carbocycles. The van der Waals surface area contributed by atoms with Gasteiger partial charge in [0, 0.05) is 44.5 Å². The van der Waals surface area contributed by atoms with E-state index >= 15 is 0 Å². The van der Waals surface area contributed by atoms with E-state index in [4.69, 9.17) is 4.98 Å². The summed E-state index contributed by atoms with van der Waals surface area (Å²) in [7, 11) is 1.99. The number of rotatable bonds is 4. The fraction of sp³-hybridized carbons (Fsp3) is 0.667. The van der Waals surface area contributed by atoms with Crippen LogP contribution in [0.2, 0.25) is 0 Å². The van der Waals surface area contributed by atoms with Gasteiger partial charge in [0.2, 0.25) is 0 Å². The zero-order valence-electron chi connectivity index (χ0n) is 12.0. The quantitative estimate of drug-likeness (QED) is 0.886. The minimum absolute atomic E-state index is 0.896. The molecule has 0 bridgehead atoms. The number of anilines is 1. The van der Waals surface area contributed by atoms with E-state index in [-0.39, 0.29) is 0 Å². The van der Waals surface area contributed by atoms with E-state index in [1.54, 1.807) is 0 Å². The molecule has 1 aromatic rings. The third-order valence-electron chi connectivity index (χ3n) is 4.08. The molecule has 1 saturated heterocycles. The summed E-state index contributed by atoms with van der Waals surface area (Å²) < 4.78 is 0. The molecule has 1 N–H and O–H groups in total. The summed E-state index contributed by atoms with van der Waals surface area (Å²) in [5, 5.41) is 3.22. The first-order valence-corrected chi connectivity index (χ1v) is 7.37. The van der Waals surface area contributed by atoms with Crippen molar-refractivity contribution in [3.8, 4) is 0 Å². The van der Waals surface area contributed by atoms with Gasteiger partial charge >= 0.3 is 0 Å². The first-order valence-electron chi connectivity index (χ1n) is 7.37. The Labute approximate surface area is 115 Å². The van der Waals surface area contributed by atoms with Gasteiger partial charge in [0.15, 0.2) is 0 Å². The molecule has 3 rings (SSSR count). The maximum absolute atomic E-state index is 4.70. The SMILES string of the molecule is CNCc1cc(C)nc(N2CCN(C3CC3)CC2)c1. The van der Waals surface area contributed by atoms with Crippen LogP contribution in [0.4, 0.5) is 5.82 Å². The number of aryl methyl sites for hydroxylation is 1. The van der Waals surface area contributed by atoms with Crippen LogP contribution in [0.1, 0.15) is 24.1 Å². The number of hydrogen-bond donors (Lipinski definition) is 1. The molecule has 4 heteroatoms. The van der Waals surface area contributed by atoms with Crippen LogP contribution in [0, 0.1) is 6.92 Å². The Morgan fingerprint density at radius 2 is 1.95 bits per heavy atom. The molecule has 1 aliphatic carbocycles. The average molecular weight is 260 g/mol. The highest BCUT2D eigenvalue weighted by Crippen LogP contribution is 2.28. The summed E-state index contributed by atoms with van der Waals surface area (Å²) >= 11 is 0. The maximum atomic E-state index is 4.70. The van der Waals surface area contributed by atoms with Crippen LogP contribution in [-0.2, 0) is 6.54 Å². The summed E-state index contributed by atoms with van der Waals surface area (Å²) in [5.41, 5.74) is 2.45. The van der Waals surface area contributed by atoms with Gasteiger partial charge in [-0.15, -0.1) is 0 Å². The number of nitrogens with zero attached hydrogens (tertiary/aromatic N) is 3. The first-order chi connectivity index (χ1) is 9.26. The van der Waals surface area contributed by atoms with Crippen LogP contribution in [0.3, 0.4) is 0 Å². The van der Waals surface area contributed by atoms with Crippen molar-refractivity contribution in [3.63, 3.8) is 0 Å². The number of aromatic nitrogens is 1. The molecular formula is C15H24N4. The Balaban J connectivity index is 1.68. The van der Waals surface area contributed by atoms with Crippen LogP contribution >= 0.6 is 0 Å². The van der Waals surface area contributed by atoms with E-state index < -0.39 is 0 Å². The number of hydrogen-bond acceptors (Lipinski definition) is 4. The predicted octanol–water partition coefficient (Wildman–Crippen LogP) is 1.39. The second-order valence-electron chi connectivity index (χ2n) is 5.76. The molecule has 0 radical (unpaired) electrons. The molecule has 2 heterocycles. The van der Waals surface area contributed by atoms with Crippen LogP contribution in [0.15, 0.2) is 12.1 Å². The summed E-state index contributed by atoms with van der Waals surface area (Å²) in [4.78, 5) is 9.78.